The van der Waals surface area contributed by atoms with Gasteiger partial charge in [0.25, 0.3) is 0 Å². The van der Waals surface area contributed by atoms with Crippen molar-refractivity contribution in [2.45, 2.75) is 32.9 Å². The summed E-state index contributed by atoms with van der Waals surface area (Å²) < 4.78 is 0. The Bertz CT molecular complexity index is 669. The Labute approximate surface area is 136 Å². The highest BCUT2D eigenvalue weighted by Gasteiger charge is 2.12. The number of nitrogens with zero attached hydrogens (tertiary/aromatic N) is 2. The molecule has 0 aliphatic carbocycles. The zero-order valence-electron chi connectivity index (χ0n) is 13.3. The van der Waals surface area contributed by atoms with Gasteiger partial charge in [0.15, 0.2) is 0 Å². The Morgan fingerprint density at radius 2 is 2.23 bits per heavy atom. The van der Waals surface area contributed by atoms with E-state index in [0.29, 0.717) is 6.04 Å². The highest BCUT2D eigenvalue weighted by atomic mass is 32.1. The molecule has 0 aromatic carbocycles. The van der Waals surface area contributed by atoms with Crippen LogP contribution in [0.2, 0.25) is 0 Å². The van der Waals surface area contributed by atoms with E-state index < -0.39 is 0 Å². The summed E-state index contributed by atoms with van der Waals surface area (Å²) in [5.74, 6) is 5.63. The molecule has 0 fully saturated rings. The number of likely N-dealkylation sites (N-methyl/N-ethyl adjacent to an activating group) is 1. The van der Waals surface area contributed by atoms with Crippen LogP contribution in [0.3, 0.4) is 0 Å². The minimum absolute atomic E-state index is 0.0917. The lowest BCUT2D eigenvalue weighted by Crippen LogP contribution is -2.30. The second kappa shape index (κ2) is 8.09. The average Bonchev–Trinajstić information content (AvgIpc) is 2.92. The lowest BCUT2D eigenvalue weighted by Gasteiger charge is -2.23. The fraction of sp³-hybridized carbons (Fsp3) is 0.389. The van der Waals surface area contributed by atoms with E-state index in [9.17, 15) is 0 Å². The third kappa shape index (κ3) is 4.96. The molecule has 1 atom stereocenters. The summed E-state index contributed by atoms with van der Waals surface area (Å²) in [6.45, 7) is 5.13. The van der Waals surface area contributed by atoms with Crippen LogP contribution < -0.4 is 0 Å². The van der Waals surface area contributed by atoms with Gasteiger partial charge in [-0.2, -0.15) is 0 Å². The smallest absolute Gasteiger partial charge is 0.104 e. The van der Waals surface area contributed by atoms with Crippen LogP contribution in [0.15, 0.2) is 29.8 Å². The van der Waals surface area contributed by atoms with Gasteiger partial charge in [0.1, 0.15) is 6.61 Å². The predicted molar refractivity (Wildman–Crippen MR) is 91.9 cm³/mol. The number of rotatable bonds is 5. The molecule has 22 heavy (non-hydrogen) atoms. The highest BCUT2D eigenvalue weighted by molar-refractivity contribution is 7.10. The number of aromatic nitrogens is 1. The van der Waals surface area contributed by atoms with Crippen molar-refractivity contribution >= 4 is 11.3 Å². The summed E-state index contributed by atoms with van der Waals surface area (Å²) in [7, 11) is 2.14. The molecular weight excluding hydrogens is 292 g/mol. The van der Waals surface area contributed by atoms with Gasteiger partial charge < -0.3 is 5.11 Å². The van der Waals surface area contributed by atoms with Gasteiger partial charge in [0.05, 0.1) is 0 Å². The number of aliphatic hydroxyl groups excluding tert-OH is 1. The van der Waals surface area contributed by atoms with Crippen molar-refractivity contribution in [1.82, 2.24) is 9.88 Å². The van der Waals surface area contributed by atoms with E-state index in [2.05, 4.69) is 54.8 Å². The first-order chi connectivity index (χ1) is 10.6. The molecule has 2 rings (SSSR count). The molecule has 116 valence electrons. The van der Waals surface area contributed by atoms with Crippen LogP contribution >= 0.6 is 11.3 Å². The van der Waals surface area contributed by atoms with Crippen LogP contribution in [0.1, 0.15) is 28.6 Å². The van der Waals surface area contributed by atoms with E-state index >= 15 is 0 Å². The first-order valence-electron chi connectivity index (χ1n) is 7.37. The van der Waals surface area contributed by atoms with Gasteiger partial charge in [-0.25, -0.2) is 0 Å². The monoisotopic (exact) mass is 314 g/mol. The fourth-order valence-electron chi connectivity index (χ4n) is 2.24. The number of thiophene rings is 1. The molecule has 0 unspecified atom stereocenters. The van der Waals surface area contributed by atoms with Gasteiger partial charge in [-0.15, -0.1) is 11.3 Å². The van der Waals surface area contributed by atoms with E-state index in [1.54, 1.807) is 11.3 Å². The molecular formula is C18H22N2OS. The van der Waals surface area contributed by atoms with Crippen molar-refractivity contribution in [2.24, 2.45) is 0 Å². The molecule has 4 heteroatoms. The maximum atomic E-state index is 8.73. The summed E-state index contributed by atoms with van der Waals surface area (Å²) in [4.78, 5) is 8.06. The summed E-state index contributed by atoms with van der Waals surface area (Å²) in [5.41, 5.74) is 3.38. The van der Waals surface area contributed by atoms with Crippen LogP contribution in [0, 0.1) is 18.8 Å². The number of hydrogen-bond acceptors (Lipinski definition) is 4. The first kappa shape index (κ1) is 16.7. The van der Waals surface area contributed by atoms with Crippen LogP contribution in [0.25, 0.3) is 0 Å². The minimum atomic E-state index is -0.0917. The summed E-state index contributed by atoms with van der Waals surface area (Å²) in [5, 5.41) is 10.8. The lowest BCUT2D eigenvalue weighted by atomic mass is 10.1. The van der Waals surface area contributed by atoms with Crippen LogP contribution in [0.5, 0.6) is 0 Å². The SMILES string of the molecule is Cc1ccnc(C[C@@H](C)N(C)Cc2cc(C#CCO)cs2)c1. The van der Waals surface area contributed by atoms with Crippen LogP contribution in [0.4, 0.5) is 0 Å². The largest absolute Gasteiger partial charge is 0.384 e. The zero-order chi connectivity index (χ0) is 15.9. The molecule has 1 N–H and O–H groups in total. The second-order valence-corrected chi connectivity index (χ2v) is 6.55. The Morgan fingerprint density at radius 1 is 1.41 bits per heavy atom. The number of pyridine rings is 1. The fourth-order valence-corrected chi connectivity index (χ4v) is 3.12. The van der Waals surface area contributed by atoms with E-state index in [1.165, 1.54) is 10.4 Å². The maximum Gasteiger partial charge on any atom is 0.104 e. The molecule has 2 heterocycles. The van der Waals surface area contributed by atoms with Crippen LogP contribution in [-0.2, 0) is 13.0 Å². The molecule has 2 aromatic heterocycles. The number of aliphatic hydroxyl groups is 1. The maximum absolute atomic E-state index is 8.73. The van der Waals surface area contributed by atoms with Crippen LogP contribution in [-0.4, -0.2) is 34.7 Å². The van der Waals surface area contributed by atoms with Crippen molar-refractivity contribution in [3.63, 3.8) is 0 Å². The summed E-state index contributed by atoms with van der Waals surface area (Å²) in [6.07, 6.45) is 2.82. The minimum Gasteiger partial charge on any atom is -0.384 e. The third-order valence-corrected chi connectivity index (χ3v) is 4.52. The Kier molecular flexibility index (Phi) is 6.14. The summed E-state index contributed by atoms with van der Waals surface area (Å²) >= 11 is 1.71. The molecule has 0 amide bonds. The van der Waals surface area contributed by atoms with Crippen molar-refractivity contribution in [3.8, 4) is 11.8 Å². The molecule has 3 nitrogen and oxygen atoms in total. The lowest BCUT2D eigenvalue weighted by molar-refractivity contribution is 0.249. The zero-order valence-corrected chi connectivity index (χ0v) is 14.2. The third-order valence-electron chi connectivity index (χ3n) is 3.60. The van der Waals surface area contributed by atoms with Gasteiger partial charge in [-0.1, -0.05) is 11.8 Å². The quantitative estimate of drug-likeness (QED) is 0.862. The highest BCUT2D eigenvalue weighted by Crippen LogP contribution is 2.17. The van der Waals surface area contributed by atoms with Crippen molar-refractivity contribution in [3.05, 3.63) is 51.5 Å². The molecule has 0 spiro atoms. The van der Waals surface area contributed by atoms with Crippen molar-refractivity contribution < 1.29 is 5.11 Å². The van der Waals surface area contributed by atoms with Gasteiger partial charge in [0.2, 0.25) is 0 Å². The average molecular weight is 314 g/mol. The summed E-state index contributed by atoms with van der Waals surface area (Å²) in [6, 6.07) is 6.70. The molecule has 0 bridgehead atoms. The second-order valence-electron chi connectivity index (χ2n) is 5.55. The predicted octanol–water partition coefficient (Wildman–Crippen LogP) is 2.86. The topological polar surface area (TPSA) is 36.4 Å². The molecule has 0 aliphatic heterocycles. The normalized spacial score (nSPS) is 12.0. The molecule has 2 aromatic rings. The van der Waals surface area contributed by atoms with E-state index in [4.69, 9.17) is 5.11 Å². The Hall–Kier alpha value is -1.67. The molecule has 0 saturated carbocycles. The molecule has 0 radical (unpaired) electrons. The van der Waals surface area contributed by atoms with E-state index in [1.807, 2.05) is 17.6 Å². The number of aryl methyl sites for hydroxylation is 1. The van der Waals surface area contributed by atoms with Crippen molar-refractivity contribution in [1.29, 1.82) is 0 Å². The number of hydrogen-bond donors (Lipinski definition) is 1. The van der Waals surface area contributed by atoms with Crippen molar-refractivity contribution in [2.75, 3.05) is 13.7 Å². The molecule has 0 aliphatic rings. The van der Waals surface area contributed by atoms with Gasteiger partial charge in [0, 0.05) is 46.7 Å². The van der Waals surface area contributed by atoms with Gasteiger partial charge in [-0.05, 0) is 44.7 Å². The standard InChI is InChI=1S/C18H22N2OS/c1-14-6-7-19-17(9-14)10-15(2)20(3)12-18-11-16(13-22-18)5-4-8-21/h6-7,9,11,13,15,21H,8,10,12H2,1-3H3/t15-/m1/s1. The molecule has 0 saturated heterocycles. The van der Waals surface area contributed by atoms with E-state index in [-0.39, 0.29) is 6.61 Å². The Morgan fingerprint density at radius 3 is 2.95 bits per heavy atom. The van der Waals surface area contributed by atoms with Gasteiger partial charge >= 0.3 is 0 Å². The Balaban J connectivity index is 1.93. The van der Waals surface area contributed by atoms with Gasteiger partial charge in [-0.3, -0.25) is 9.88 Å². The van der Waals surface area contributed by atoms with E-state index in [0.717, 1.165) is 24.2 Å². The first-order valence-corrected chi connectivity index (χ1v) is 8.25.